The first-order valence-corrected chi connectivity index (χ1v) is 12.6. The Bertz CT molecular complexity index is 1190. The van der Waals surface area contributed by atoms with Gasteiger partial charge in [0, 0.05) is 3.57 Å². The van der Waals surface area contributed by atoms with Crippen LogP contribution in [0, 0.1) is 7.14 Å². The maximum absolute atomic E-state index is 12.4. The monoisotopic (exact) mass is 668 g/mol. The van der Waals surface area contributed by atoms with Crippen LogP contribution in [-0.4, -0.2) is 18.2 Å². The van der Waals surface area contributed by atoms with Crippen molar-refractivity contribution in [1.29, 1.82) is 0 Å². The summed E-state index contributed by atoms with van der Waals surface area (Å²) >= 11 is 5.86. The molecule has 0 aromatic heterocycles. The van der Waals surface area contributed by atoms with E-state index in [0.717, 1.165) is 31.9 Å². The van der Waals surface area contributed by atoms with E-state index in [1.165, 1.54) is 15.3 Å². The van der Waals surface area contributed by atoms with Crippen molar-refractivity contribution in [2.24, 2.45) is 4.99 Å². The van der Waals surface area contributed by atoms with Gasteiger partial charge < -0.3 is 14.8 Å². The SMILES string of the molecule is COc1ccc(N=C2NC(=O)/C(=C\c3ccc(OCc4ccc(I)cc4)c(I)c3)S2)cc1. The largest absolute Gasteiger partial charge is 0.497 e. The normalized spacial score (nSPS) is 15.8. The van der Waals surface area contributed by atoms with E-state index in [1.807, 2.05) is 48.5 Å². The standard InChI is InChI=1S/C24H18I2N2O3S/c1-30-19-9-7-18(8-10-19)27-24-28-23(29)22(32-24)13-16-4-11-21(20(26)12-16)31-14-15-2-5-17(25)6-3-15/h2-13H,14H2,1H3,(H,27,28,29)/b22-13+. The number of nitrogens with one attached hydrogen (secondary N) is 1. The van der Waals surface area contributed by atoms with Crippen molar-refractivity contribution in [3.8, 4) is 11.5 Å². The second-order valence-electron chi connectivity index (χ2n) is 6.78. The molecule has 0 aliphatic carbocycles. The van der Waals surface area contributed by atoms with E-state index in [4.69, 9.17) is 9.47 Å². The number of halogens is 2. The number of benzene rings is 3. The second kappa shape index (κ2) is 10.7. The number of nitrogens with zero attached hydrogens (tertiary/aromatic N) is 1. The van der Waals surface area contributed by atoms with E-state index in [0.29, 0.717) is 16.7 Å². The number of carbonyl (C=O) groups excluding carboxylic acids is 1. The van der Waals surface area contributed by atoms with Crippen molar-refractivity contribution >= 4 is 79.8 Å². The summed E-state index contributed by atoms with van der Waals surface area (Å²) < 4.78 is 13.3. The van der Waals surface area contributed by atoms with Crippen LogP contribution in [0.25, 0.3) is 6.08 Å². The van der Waals surface area contributed by atoms with Crippen LogP contribution in [-0.2, 0) is 11.4 Å². The average molecular weight is 668 g/mol. The highest BCUT2D eigenvalue weighted by atomic mass is 127. The molecule has 0 bridgehead atoms. The van der Waals surface area contributed by atoms with Gasteiger partial charge in [-0.2, -0.15) is 0 Å². The zero-order valence-corrected chi connectivity index (χ0v) is 22.1. The first kappa shape index (κ1) is 23.1. The summed E-state index contributed by atoms with van der Waals surface area (Å²) in [6.07, 6.45) is 1.86. The number of carbonyl (C=O) groups is 1. The Labute approximate surface area is 218 Å². The summed E-state index contributed by atoms with van der Waals surface area (Å²) in [5.41, 5.74) is 2.80. The molecule has 5 nitrogen and oxygen atoms in total. The van der Waals surface area contributed by atoms with Gasteiger partial charge in [-0.1, -0.05) is 18.2 Å². The minimum Gasteiger partial charge on any atom is -0.497 e. The molecule has 1 saturated heterocycles. The summed E-state index contributed by atoms with van der Waals surface area (Å²) in [4.78, 5) is 17.5. The zero-order valence-electron chi connectivity index (χ0n) is 17.0. The maximum atomic E-state index is 12.4. The quantitative estimate of drug-likeness (QED) is 0.245. The number of hydrogen-bond acceptors (Lipinski definition) is 5. The first-order valence-electron chi connectivity index (χ1n) is 9.60. The highest BCUT2D eigenvalue weighted by Gasteiger charge is 2.23. The van der Waals surface area contributed by atoms with Crippen molar-refractivity contribution in [2.45, 2.75) is 6.61 Å². The Morgan fingerprint density at radius 2 is 1.78 bits per heavy atom. The van der Waals surface area contributed by atoms with E-state index in [-0.39, 0.29) is 5.91 Å². The lowest BCUT2D eigenvalue weighted by molar-refractivity contribution is -0.115. The van der Waals surface area contributed by atoms with Crippen LogP contribution in [0.1, 0.15) is 11.1 Å². The Hall–Kier alpha value is -2.05. The van der Waals surface area contributed by atoms with Gasteiger partial charge in [-0.3, -0.25) is 4.79 Å². The van der Waals surface area contributed by atoms with Crippen molar-refractivity contribution in [1.82, 2.24) is 5.32 Å². The molecular weight excluding hydrogens is 650 g/mol. The van der Waals surface area contributed by atoms with Gasteiger partial charge in [-0.05, 0) is 123 Å². The molecule has 32 heavy (non-hydrogen) atoms. The molecule has 1 aliphatic rings. The van der Waals surface area contributed by atoms with Gasteiger partial charge in [0.2, 0.25) is 0 Å². The van der Waals surface area contributed by atoms with Gasteiger partial charge in [0.1, 0.15) is 18.1 Å². The van der Waals surface area contributed by atoms with Crippen LogP contribution in [0.4, 0.5) is 5.69 Å². The smallest absolute Gasteiger partial charge is 0.264 e. The molecule has 8 heteroatoms. The van der Waals surface area contributed by atoms with E-state index in [9.17, 15) is 4.79 Å². The van der Waals surface area contributed by atoms with Gasteiger partial charge in [0.05, 0.1) is 21.3 Å². The Balaban J connectivity index is 1.43. The van der Waals surface area contributed by atoms with Crippen LogP contribution >= 0.6 is 56.9 Å². The molecule has 0 atom stereocenters. The molecule has 0 unspecified atom stereocenters. The summed E-state index contributed by atoms with van der Waals surface area (Å²) in [5, 5.41) is 3.37. The zero-order chi connectivity index (χ0) is 22.5. The molecule has 1 aliphatic heterocycles. The van der Waals surface area contributed by atoms with Gasteiger partial charge in [-0.25, -0.2) is 4.99 Å². The van der Waals surface area contributed by atoms with Gasteiger partial charge in [-0.15, -0.1) is 0 Å². The molecule has 3 aromatic carbocycles. The molecule has 0 saturated carbocycles. The molecule has 4 rings (SSSR count). The molecule has 1 fully saturated rings. The topological polar surface area (TPSA) is 59.9 Å². The third-order valence-electron chi connectivity index (χ3n) is 4.52. The Kier molecular flexibility index (Phi) is 7.74. The summed E-state index contributed by atoms with van der Waals surface area (Å²) in [6, 6.07) is 21.5. The minimum atomic E-state index is -0.156. The lowest BCUT2D eigenvalue weighted by Crippen LogP contribution is -2.19. The van der Waals surface area contributed by atoms with Crippen molar-refractivity contribution in [2.75, 3.05) is 7.11 Å². The molecule has 1 N–H and O–H groups in total. The lowest BCUT2D eigenvalue weighted by Gasteiger charge is -2.09. The van der Waals surface area contributed by atoms with E-state index in [2.05, 4.69) is 79.8 Å². The third kappa shape index (κ3) is 6.04. The molecule has 0 spiro atoms. The van der Waals surface area contributed by atoms with Gasteiger partial charge >= 0.3 is 0 Å². The third-order valence-corrected chi connectivity index (χ3v) is 6.99. The number of amides is 1. The summed E-state index contributed by atoms with van der Waals surface area (Å²) in [5.74, 6) is 1.42. The van der Waals surface area contributed by atoms with Crippen molar-refractivity contribution in [3.63, 3.8) is 0 Å². The first-order chi connectivity index (χ1) is 15.5. The summed E-state index contributed by atoms with van der Waals surface area (Å²) in [6.45, 7) is 0.511. The molecular formula is C24H18I2N2O3S. The second-order valence-corrected chi connectivity index (χ2v) is 10.2. The van der Waals surface area contributed by atoms with Crippen LogP contribution in [0.15, 0.2) is 76.6 Å². The number of amidine groups is 1. The van der Waals surface area contributed by atoms with Crippen LogP contribution in [0.3, 0.4) is 0 Å². The maximum Gasteiger partial charge on any atom is 0.264 e. The molecule has 1 amide bonds. The predicted octanol–water partition coefficient (Wildman–Crippen LogP) is 6.38. The molecule has 162 valence electrons. The fraction of sp³-hybridized carbons (Fsp3) is 0.0833. The Morgan fingerprint density at radius 3 is 2.47 bits per heavy atom. The fourth-order valence-corrected chi connectivity index (χ4v) is 4.77. The van der Waals surface area contributed by atoms with Crippen molar-refractivity contribution < 1.29 is 14.3 Å². The lowest BCUT2D eigenvalue weighted by atomic mass is 10.2. The number of ether oxygens (including phenoxy) is 2. The fourth-order valence-electron chi connectivity index (χ4n) is 2.87. The molecule has 0 radical (unpaired) electrons. The van der Waals surface area contributed by atoms with Crippen molar-refractivity contribution in [3.05, 3.63) is 89.9 Å². The highest BCUT2D eigenvalue weighted by molar-refractivity contribution is 14.1. The predicted molar refractivity (Wildman–Crippen MR) is 146 cm³/mol. The Morgan fingerprint density at radius 1 is 1.03 bits per heavy atom. The van der Waals surface area contributed by atoms with Gasteiger partial charge in [0.15, 0.2) is 5.17 Å². The van der Waals surface area contributed by atoms with Crippen LogP contribution < -0.4 is 14.8 Å². The minimum absolute atomic E-state index is 0.156. The molecule has 1 heterocycles. The average Bonchev–Trinajstić information content (AvgIpc) is 3.13. The van der Waals surface area contributed by atoms with E-state index < -0.39 is 0 Å². The number of thioether (sulfide) groups is 1. The van der Waals surface area contributed by atoms with Crippen LogP contribution in [0.5, 0.6) is 11.5 Å². The van der Waals surface area contributed by atoms with Gasteiger partial charge in [0.25, 0.3) is 5.91 Å². The highest BCUT2D eigenvalue weighted by Crippen LogP contribution is 2.30. The number of rotatable bonds is 6. The van der Waals surface area contributed by atoms with E-state index in [1.54, 1.807) is 7.11 Å². The van der Waals surface area contributed by atoms with E-state index >= 15 is 0 Å². The number of hydrogen-bond donors (Lipinski definition) is 1. The van der Waals surface area contributed by atoms with Crippen LogP contribution in [0.2, 0.25) is 0 Å². The summed E-state index contributed by atoms with van der Waals surface area (Å²) in [7, 11) is 1.62. The number of methoxy groups -OCH3 is 1. The molecule has 3 aromatic rings. The number of aliphatic imine (C=N–C) groups is 1.